The molecule has 0 bridgehead atoms. The Kier molecular flexibility index (Phi) is 5.45. The predicted molar refractivity (Wildman–Crippen MR) is 100 cm³/mol. The molecular weight excluding hydrogens is 312 g/mol. The summed E-state index contributed by atoms with van der Waals surface area (Å²) in [7, 11) is 0. The molecule has 4 nitrogen and oxygen atoms in total. The summed E-state index contributed by atoms with van der Waals surface area (Å²) in [6, 6.07) is 0. The Morgan fingerprint density at radius 3 is 1.96 bits per heavy atom. The quantitative estimate of drug-likeness (QED) is 0.760. The zero-order valence-corrected chi connectivity index (χ0v) is 16.5. The Morgan fingerprint density at radius 1 is 0.880 bits per heavy atom. The number of carbonyl (C=O) groups is 2. The number of likely N-dealkylation sites (tertiary alicyclic amines) is 2. The Bertz CT molecular complexity index is 485. The van der Waals surface area contributed by atoms with Crippen LogP contribution in [0.2, 0.25) is 0 Å². The van der Waals surface area contributed by atoms with E-state index in [2.05, 4.69) is 9.80 Å². The fraction of sp³-hybridized carbons (Fsp3) is 0.905. The van der Waals surface area contributed by atoms with Crippen molar-refractivity contribution in [1.82, 2.24) is 9.80 Å². The third kappa shape index (κ3) is 4.38. The first-order valence-electron chi connectivity index (χ1n) is 10.4. The lowest BCUT2D eigenvalue weighted by atomic mass is 9.65. The van der Waals surface area contributed by atoms with E-state index in [9.17, 15) is 9.59 Å². The van der Waals surface area contributed by atoms with Crippen LogP contribution in [0.4, 0.5) is 0 Å². The second kappa shape index (κ2) is 7.28. The summed E-state index contributed by atoms with van der Waals surface area (Å²) in [6.45, 7) is 9.86. The number of hydrogen-bond acceptors (Lipinski definition) is 2. The number of nitrogens with zero attached hydrogens (tertiary/aromatic N) is 2. The van der Waals surface area contributed by atoms with Gasteiger partial charge in [-0.1, -0.05) is 20.8 Å². The first-order chi connectivity index (χ1) is 11.8. The van der Waals surface area contributed by atoms with Crippen molar-refractivity contribution in [2.75, 3.05) is 26.2 Å². The third-order valence-electron chi connectivity index (χ3n) is 6.84. The summed E-state index contributed by atoms with van der Waals surface area (Å²) >= 11 is 0. The highest BCUT2D eigenvalue weighted by atomic mass is 16.2. The summed E-state index contributed by atoms with van der Waals surface area (Å²) < 4.78 is 0. The minimum Gasteiger partial charge on any atom is -0.343 e. The van der Waals surface area contributed by atoms with Crippen LogP contribution in [-0.2, 0) is 9.59 Å². The number of carbonyl (C=O) groups excluding carboxylic acids is 2. The van der Waals surface area contributed by atoms with Crippen LogP contribution >= 0.6 is 0 Å². The molecule has 2 amide bonds. The van der Waals surface area contributed by atoms with Crippen molar-refractivity contribution in [3.8, 4) is 0 Å². The normalized spacial score (nSPS) is 24.8. The zero-order valence-electron chi connectivity index (χ0n) is 16.5. The third-order valence-corrected chi connectivity index (χ3v) is 6.84. The predicted octanol–water partition coefficient (Wildman–Crippen LogP) is 3.84. The van der Waals surface area contributed by atoms with Crippen molar-refractivity contribution >= 4 is 11.8 Å². The van der Waals surface area contributed by atoms with Gasteiger partial charge in [0.25, 0.3) is 0 Å². The van der Waals surface area contributed by atoms with Crippen LogP contribution in [-0.4, -0.2) is 47.8 Å². The van der Waals surface area contributed by atoms with Crippen LogP contribution in [0.25, 0.3) is 0 Å². The Balaban J connectivity index is 1.45. The molecule has 0 aromatic heterocycles. The maximum atomic E-state index is 12.5. The summed E-state index contributed by atoms with van der Waals surface area (Å²) in [5, 5.41) is 0. The first-order valence-corrected chi connectivity index (χ1v) is 10.4. The molecular formula is C21H36N2O2. The summed E-state index contributed by atoms with van der Waals surface area (Å²) in [4.78, 5) is 29.0. The summed E-state index contributed by atoms with van der Waals surface area (Å²) in [5.74, 6) is 1.28. The Labute approximate surface area is 153 Å². The lowest BCUT2D eigenvalue weighted by Gasteiger charge is -2.47. The molecule has 2 saturated heterocycles. The Hall–Kier alpha value is -1.06. The fourth-order valence-corrected chi connectivity index (χ4v) is 5.00. The van der Waals surface area contributed by atoms with Gasteiger partial charge in [-0.3, -0.25) is 9.59 Å². The fourth-order valence-electron chi connectivity index (χ4n) is 5.00. The SMILES string of the molecule is CC(C)(C)C(=O)N1CCC2(CCC(CC(=O)N3CCCC3)CC2)CC1. The van der Waals surface area contributed by atoms with Gasteiger partial charge < -0.3 is 9.80 Å². The van der Waals surface area contributed by atoms with E-state index in [1.165, 1.54) is 38.5 Å². The second-order valence-corrected chi connectivity index (χ2v) is 9.78. The average Bonchev–Trinajstić information content (AvgIpc) is 3.11. The number of hydrogen-bond donors (Lipinski definition) is 0. The lowest BCUT2D eigenvalue weighted by molar-refractivity contribution is -0.142. The Morgan fingerprint density at radius 2 is 1.44 bits per heavy atom. The monoisotopic (exact) mass is 348 g/mol. The largest absolute Gasteiger partial charge is 0.343 e. The molecule has 0 N–H and O–H groups in total. The highest BCUT2D eigenvalue weighted by molar-refractivity contribution is 5.81. The van der Waals surface area contributed by atoms with Crippen molar-refractivity contribution in [3.05, 3.63) is 0 Å². The van der Waals surface area contributed by atoms with E-state index in [0.717, 1.165) is 45.4 Å². The highest BCUT2D eigenvalue weighted by Crippen LogP contribution is 2.47. The molecule has 0 aromatic carbocycles. The summed E-state index contributed by atoms with van der Waals surface area (Å²) in [6.07, 6.45) is 10.4. The number of amides is 2. The van der Waals surface area contributed by atoms with Gasteiger partial charge in [0.1, 0.15) is 0 Å². The number of rotatable bonds is 2. The smallest absolute Gasteiger partial charge is 0.227 e. The van der Waals surface area contributed by atoms with Gasteiger partial charge >= 0.3 is 0 Å². The van der Waals surface area contributed by atoms with Crippen molar-refractivity contribution < 1.29 is 9.59 Å². The molecule has 3 aliphatic rings. The molecule has 1 spiro atoms. The standard InChI is InChI=1S/C21H36N2O2/c1-20(2,3)19(25)23-14-10-21(11-15-23)8-6-17(7-9-21)16-18(24)22-12-4-5-13-22/h17H,4-16H2,1-3H3. The van der Waals surface area contributed by atoms with E-state index in [-0.39, 0.29) is 5.41 Å². The van der Waals surface area contributed by atoms with Crippen molar-refractivity contribution in [3.63, 3.8) is 0 Å². The van der Waals surface area contributed by atoms with Gasteiger partial charge in [0.2, 0.25) is 11.8 Å². The lowest BCUT2D eigenvalue weighted by Crippen LogP contribution is -2.48. The molecule has 0 atom stereocenters. The zero-order chi connectivity index (χ0) is 18.1. The molecule has 0 aromatic rings. The molecule has 4 heteroatoms. The van der Waals surface area contributed by atoms with Crippen molar-refractivity contribution in [2.45, 2.75) is 78.6 Å². The van der Waals surface area contributed by atoms with Crippen molar-refractivity contribution in [1.29, 1.82) is 0 Å². The molecule has 3 rings (SSSR count). The van der Waals surface area contributed by atoms with E-state index in [1.807, 2.05) is 20.8 Å². The van der Waals surface area contributed by atoms with Crippen LogP contribution in [0, 0.1) is 16.7 Å². The van der Waals surface area contributed by atoms with Gasteiger partial charge in [-0.15, -0.1) is 0 Å². The van der Waals surface area contributed by atoms with E-state index in [4.69, 9.17) is 0 Å². The van der Waals surface area contributed by atoms with Gasteiger partial charge in [-0.25, -0.2) is 0 Å². The molecule has 1 saturated carbocycles. The molecule has 25 heavy (non-hydrogen) atoms. The van der Waals surface area contributed by atoms with Crippen LogP contribution in [0.1, 0.15) is 78.6 Å². The minimum absolute atomic E-state index is 0.266. The molecule has 1 aliphatic carbocycles. The van der Waals surface area contributed by atoms with Crippen LogP contribution in [0.3, 0.4) is 0 Å². The molecule has 0 radical (unpaired) electrons. The summed E-state index contributed by atoms with van der Waals surface area (Å²) in [5.41, 5.74) is 0.181. The van der Waals surface area contributed by atoms with Crippen LogP contribution < -0.4 is 0 Å². The number of piperidine rings is 1. The first kappa shape index (κ1) is 18.7. The van der Waals surface area contributed by atoms with Crippen LogP contribution in [0.15, 0.2) is 0 Å². The average molecular weight is 349 g/mol. The maximum absolute atomic E-state index is 12.5. The van der Waals surface area contributed by atoms with Crippen molar-refractivity contribution in [2.24, 2.45) is 16.7 Å². The van der Waals surface area contributed by atoms with Crippen LogP contribution in [0.5, 0.6) is 0 Å². The molecule has 142 valence electrons. The highest BCUT2D eigenvalue weighted by Gasteiger charge is 2.40. The van der Waals surface area contributed by atoms with E-state index in [1.54, 1.807) is 0 Å². The van der Waals surface area contributed by atoms with E-state index >= 15 is 0 Å². The van der Waals surface area contributed by atoms with E-state index < -0.39 is 0 Å². The minimum atomic E-state index is -0.266. The van der Waals surface area contributed by atoms with Gasteiger partial charge in [0.05, 0.1) is 0 Å². The van der Waals surface area contributed by atoms with Gasteiger partial charge in [-0.2, -0.15) is 0 Å². The van der Waals surface area contributed by atoms with Gasteiger partial charge in [0.15, 0.2) is 0 Å². The molecule has 2 aliphatic heterocycles. The van der Waals surface area contributed by atoms with Gasteiger partial charge in [-0.05, 0) is 62.7 Å². The molecule has 0 unspecified atom stereocenters. The van der Waals surface area contributed by atoms with E-state index in [0.29, 0.717) is 23.1 Å². The maximum Gasteiger partial charge on any atom is 0.227 e. The topological polar surface area (TPSA) is 40.6 Å². The molecule has 2 heterocycles. The van der Waals surface area contributed by atoms with Gasteiger partial charge in [0, 0.05) is 38.0 Å². The second-order valence-electron chi connectivity index (χ2n) is 9.78. The molecule has 3 fully saturated rings.